The van der Waals surface area contributed by atoms with Crippen LogP contribution in [0.2, 0.25) is 0 Å². The molecule has 0 aromatic heterocycles. The zero-order valence-corrected chi connectivity index (χ0v) is 11.7. The maximum atomic E-state index is 11.9. The number of carboxylic acids is 1. The molecule has 0 radical (unpaired) electrons. The summed E-state index contributed by atoms with van der Waals surface area (Å²) in [4.78, 5) is 24.3. The van der Waals surface area contributed by atoms with Crippen LogP contribution < -0.4 is 0 Å². The third-order valence-corrected chi connectivity index (χ3v) is 4.21. The van der Waals surface area contributed by atoms with Crippen molar-refractivity contribution in [2.24, 2.45) is 5.92 Å². The summed E-state index contributed by atoms with van der Waals surface area (Å²) in [5.74, 6) is -0.245. The van der Waals surface area contributed by atoms with E-state index < -0.39 is 11.5 Å². The zero-order chi connectivity index (χ0) is 13.8. The van der Waals surface area contributed by atoms with Crippen LogP contribution in [0, 0.1) is 5.92 Å². The molecule has 0 bridgehead atoms. The highest BCUT2D eigenvalue weighted by Gasteiger charge is 2.34. The molecule has 0 unspecified atom stereocenters. The molecular formula is C14H25NO3. The third kappa shape index (κ3) is 3.72. The predicted octanol–water partition coefficient (Wildman–Crippen LogP) is 2.67. The molecular weight excluding hydrogens is 230 g/mol. The van der Waals surface area contributed by atoms with Crippen molar-refractivity contribution >= 4 is 11.9 Å². The molecule has 4 nitrogen and oxygen atoms in total. The fourth-order valence-corrected chi connectivity index (χ4v) is 2.46. The summed E-state index contributed by atoms with van der Waals surface area (Å²) < 4.78 is 0. The summed E-state index contributed by atoms with van der Waals surface area (Å²) >= 11 is 0. The van der Waals surface area contributed by atoms with Gasteiger partial charge >= 0.3 is 5.97 Å². The Kier molecular flexibility index (Phi) is 5.17. The second-order valence-corrected chi connectivity index (χ2v) is 5.86. The van der Waals surface area contributed by atoms with E-state index in [1.807, 2.05) is 0 Å². The van der Waals surface area contributed by atoms with Crippen molar-refractivity contribution in [2.75, 3.05) is 7.05 Å². The average molecular weight is 255 g/mol. The number of carboxylic acid groups (broad SMARTS) is 1. The molecule has 1 N–H and O–H groups in total. The van der Waals surface area contributed by atoms with Crippen LogP contribution >= 0.6 is 0 Å². The predicted molar refractivity (Wildman–Crippen MR) is 70.3 cm³/mol. The summed E-state index contributed by atoms with van der Waals surface area (Å²) in [6, 6.07) is 0. The number of likely N-dealkylation sites (N-methyl/N-ethyl adjacent to an activating group) is 1. The smallest absolute Gasteiger partial charge is 0.329 e. The van der Waals surface area contributed by atoms with Gasteiger partial charge in [0.25, 0.3) is 0 Å². The van der Waals surface area contributed by atoms with Crippen molar-refractivity contribution in [1.29, 1.82) is 0 Å². The van der Waals surface area contributed by atoms with Gasteiger partial charge in [-0.3, -0.25) is 4.79 Å². The lowest BCUT2D eigenvalue weighted by Crippen LogP contribution is -2.50. The molecule has 1 saturated carbocycles. The van der Waals surface area contributed by atoms with E-state index in [0.29, 0.717) is 6.42 Å². The van der Waals surface area contributed by atoms with Gasteiger partial charge in [-0.05, 0) is 32.6 Å². The summed E-state index contributed by atoms with van der Waals surface area (Å²) in [7, 11) is 1.58. The summed E-state index contributed by atoms with van der Waals surface area (Å²) in [6.45, 7) is 3.12. The van der Waals surface area contributed by atoms with E-state index in [0.717, 1.165) is 18.8 Å². The SMILES string of the molecule is CN(C(=O)CCCC1CCCC1)C(C)(C)C(=O)O. The lowest BCUT2D eigenvalue weighted by molar-refractivity contribution is -0.155. The van der Waals surface area contributed by atoms with Gasteiger partial charge in [-0.15, -0.1) is 0 Å². The number of aliphatic carboxylic acids is 1. The van der Waals surface area contributed by atoms with Gasteiger partial charge in [0.1, 0.15) is 5.54 Å². The van der Waals surface area contributed by atoms with E-state index in [4.69, 9.17) is 5.11 Å². The van der Waals surface area contributed by atoms with Gasteiger partial charge in [0, 0.05) is 13.5 Å². The fraction of sp³-hybridized carbons (Fsp3) is 0.857. The Bertz CT molecular complexity index is 306. The van der Waals surface area contributed by atoms with Crippen LogP contribution in [0.25, 0.3) is 0 Å². The molecule has 18 heavy (non-hydrogen) atoms. The molecule has 0 spiro atoms. The molecule has 0 atom stereocenters. The molecule has 1 amide bonds. The van der Waals surface area contributed by atoms with Crippen molar-refractivity contribution in [3.05, 3.63) is 0 Å². The highest BCUT2D eigenvalue weighted by Crippen LogP contribution is 2.29. The summed E-state index contributed by atoms with van der Waals surface area (Å²) in [5.41, 5.74) is -1.12. The van der Waals surface area contributed by atoms with Crippen LogP contribution in [0.1, 0.15) is 58.8 Å². The number of rotatable bonds is 6. The van der Waals surface area contributed by atoms with Crippen LogP contribution in [0.3, 0.4) is 0 Å². The fourth-order valence-electron chi connectivity index (χ4n) is 2.46. The highest BCUT2D eigenvalue weighted by atomic mass is 16.4. The lowest BCUT2D eigenvalue weighted by atomic mass is 9.99. The van der Waals surface area contributed by atoms with E-state index in [2.05, 4.69) is 0 Å². The van der Waals surface area contributed by atoms with E-state index in [1.54, 1.807) is 20.9 Å². The van der Waals surface area contributed by atoms with Crippen molar-refractivity contribution in [3.8, 4) is 0 Å². The number of amides is 1. The summed E-state index contributed by atoms with van der Waals surface area (Å²) in [5, 5.41) is 9.06. The van der Waals surface area contributed by atoms with Crippen molar-refractivity contribution in [3.63, 3.8) is 0 Å². The van der Waals surface area contributed by atoms with Crippen molar-refractivity contribution < 1.29 is 14.7 Å². The Morgan fingerprint density at radius 1 is 1.28 bits per heavy atom. The first-order valence-electron chi connectivity index (χ1n) is 6.85. The monoisotopic (exact) mass is 255 g/mol. The number of hydrogen-bond acceptors (Lipinski definition) is 2. The molecule has 1 aliphatic rings. The van der Waals surface area contributed by atoms with Gasteiger partial charge in [0.2, 0.25) is 5.91 Å². The number of nitrogens with zero attached hydrogens (tertiary/aromatic N) is 1. The van der Waals surface area contributed by atoms with E-state index in [9.17, 15) is 9.59 Å². The maximum absolute atomic E-state index is 11.9. The van der Waals surface area contributed by atoms with Crippen LogP contribution in [-0.4, -0.2) is 34.5 Å². The van der Waals surface area contributed by atoms with Crippen molar-refractivity contribution in [2.45, 2.75) is 64.3 Å². The first-order chi connectivity index (χ1) is 8.35. The van der Waals surface area contributed by atoms with Gasteiger partial charge in [0.15, 0.2) is 0 Å². The summed E-state index contributed by atoms with van der Waals surface area (Å²) in [6.07, 6.45) is 7.69. The second-order valence-electron chi connectivity index (χ2n) is 5.86. The quantitative estimate of drug-likeness (QED) is 0.793. The van der Waals surface area contributed by atoms with Gasteiger partial charge in [-0.25, -0.2) is 4.79 Å². The van der Waals surface area contributed by atoms with Gasteiger partial charge in [0.05, 0.1) is 0 Å². The van der Waals surface area contributed by atoms with E-state index in [-0.39, 0.29) is 5.91 Å². The minimum absolute atomic E-state index is 0.0691. The maximum Gasteiger partial charge on any atom is 0.329 e. The Labute approximate surface area is 109 Å². The van der Waals surface area contributed by atoms with Crippen LogP contribution in [0.5, 0.6) is 0 Å². The van der Waals surface area contributed by atoms with Crippen LogP contribution in [-0.2, 0) is 9.59 Å². The topological polar surface area (TPSA) is 57.6 Å². The number of hydrogen-bond donors (Lipinski definition) is 1. The molecule has 1 rings (SSSR count). The van der Waals surface area contributed by atoms with E-state index >= 15 is 0 Å². The van der Waals surface area contributed by atoms with Crippen LogP contribution in [0.4, 0.5) is 0 Å². The van der Waals surface area contributed by atoms with Crippen LogP contribution in [0.15, 0.2) is 0 Å². The van der Waals surface area contributed by atoms with Gasteiger partial charge in [-0.2, -0.15) is 0 Å². The Morgan fingerprint density at radius 2 is 1.83 bits per heavy atom. The molecule has 4 heteroatoms. The molecule has 0 saturated heterocycles. The zero-order valence-electron chi connectivity index (χ0n) is 11.7. The number of carbonyl (C=O) groups excluding carboxylic acids is 1. The standard InChI is InChI=1S/C14H25NO3/c1-14(2,13(17)18)15(3)12(16)10-6-9-11-7-4-5-8-11/h11H,4-10H2,1-3H3,(H,17,18). The minimum atomic E-state index is -1.12. The molecule has 0 aliphatic heterocycles. The second kappa shape index (κ2) is 6.21. The molecule has 1 fully saturated rings. The highest BCUT2D eigenvalue weighted by molar-refractivity contribution is 5.86. The Morgan fingerprint density at radius 3 is 2.33 bits per heavy atom. The first kappa shape index (κ1) is 15.0. The Hall–Kier alpha value is -1.06. The van der Waals surface area contributed by atoms with Gasteiger partial charge in [-0.1, -0.05) is 25.7 Å². The Balaban J connectivity index is 2.33. The lowest BCUT2D eigenvalue weighted by Gasteiger charge is -2.31. The normalized spacial score (nSPS) is 16.8. The molecule has 104 valence electrons. The minimum Gasteiger partial charge on any atom is -0.480 e. The molecule has 1 aliphatic carbocycles. The molecule has 0 aromatic carbocycles. The number of carbonyl (C=O) groups is 2. The third-order valence-electron chi connectivity index (χ3n) is 4.21. The van der Waals surface area contributed by atoms with Crippen molar-refractivity contribution in [1.82, 2.24) is 4.90 Å². The average Bonchev–Trinajstić information content (AvgIpc) is 2.80. The first-order valence-corrected chi connectivity index (χ1v) is 6.85. The molecule has 0 heterocycles. The van der Waals surface area contributed by atoms with Gasteiger partial charge < -0.3 is 10.0 Å². The largest absolute Gasteiger partial charge is 0.480 e. The molecule has 0 aromatic rings. The van der Waals surface area contributed by atoms with E-state index in [1.165, 1.54) is 30.6 Å².